The molecule has 116 valence electrons. The van der Waals surface area contributed by atoms with Gasteiger partial charge < -0.3 is 5.32 Å². The molecule has 0 bridgehead atoms. The molecule has 1 fully saturated rings. The van der Waals surface area contributed by atoms with Gasteiger partial charge in [0.2, 0.25) is 5.91 Å². The van der Waals surface area contributed by atoms with Gasteiger partial charge in [-0.3, -0.25) is 4.79 Å². The van der Waals surface area contributed by atoms with E-state index in [-0.39, 0.29) is 5.91 Å². The van der Waals surface area contributed by atoms with Crippen LogP contribution >= 0.6 is 0 Å². The Morgan fingerprint density at radius 2 is 1.55 bits per heavy atom. The van der Waals surface area contributed by atoms with Crippen molar-refractivity contribution in [3.8, 4) is 11.1 Å². The van der Waals surface area contributed by atoms with E-state index in [9.17, 15) is 4.79 Å². The maximum atomic E-state index is 11.2. The number of nitrogens with one attached hydrogen (secondary N) is 1. The number of rotatable bonds is 3. The van der Waals surface area contributed by atoms with Gasteiger partial charge in [0.25, 0.3) is 0 Å². The highest BCUT2D eigenvalue weighted by Crippen LogP contribution is 2.20. The minimum Gasteiger partial charge on any atom is -0.353 e. The normalized spacial score (nSPS) is 16.6. The van der Waals surface area contributed by atoms with Crippen molar-refractivity contribution >= 4 is 5.91 Å². The molecule has 1 atom stereocenters. The number of hydrogen-bond donors (Lipinski definition) is 1. The van der Waals surface area contributed by atoms with E-state index < -0.39 is 0 Å². The van der Waals surface area contributed by atoms with Crippen molar-refractivity contribution in [2.24, 2.45) is 0 Å². The first-order valence-corrected chi connectivity index (χ1v) is 8.16. The van der Waals surface area contributed by atoms with E-state index in [4.69, 9.17) is 0 Å². The molecule has 1 N–H and O–H groups in total. The van der Waals surface area contributed by atoms with Gasteiger partial charge in [0, 0.05) is 12.5 Å². The van der Waals surface area contributed by atoms with E-state index in [1.54, 1.807) is 0 Å². The standard InChI is InChI=1S/C17H17NO.C3H8/c19-17-11-10-16(18-17)12-13-6-8-15(9-7-13)14-4-2-1-3-5-14;1-3-2/h1-9,16H,10-12H2,(H,18,19);3H2,1-2H3/t16-;/m0./s1. The molecular formula is C20H25NO. The Labute approximate surface area is 133 Å². The first-order valence-electron chi connectivity index (χ1n) is 8.16. The molecule has 0 unspecified atom stereocenters. The summed E-state index contributed by atoms with van der Waals surface area (Å²) in [5.41, 5.74) is 3.76. The summed E-state index contributed by atoms with van der Waals surface area (Å²) in [6.07, 6.45) is 3.81. The summed E-state index contributed by atoms with van der Waals surface area (Å²) in [5.74, 6) is 0.186. The highest BCUT2D eigenvalue weighted by atomic mass is 16.1. The van der Waals surface area contributed by atoms with Crippen LogP contribution in [0.1, 0.15) is 38.7 Å². The molecule has 2 aromatic carbocycles. The Morgan fingerprint density at radius 1 is 0.955 bits per heavy atom. The molecule has 1 aliphatic heterocycles. The minimum atomic E-state index is 0.186. The lowest BCUT2D eigenvalue weighted by molar-refractivity contribution is -0.119. The van der Waals surface area contributed by atoms with Crippen molar-refractivity contribution in [1.82, 2.24) is 5.32 Å². The van der Waals surface area contributed by atoms with Crippen molar-refractivity contribution < 1.29 is 4.79 Å². The van der Waals surface area contributed by atoms with E-state index >= 15 is 0 Å². The number of hydrogen-bond acceptors (Lipinski definition) is 1. The number of carbonyl (C=O) groups excluding carboxylic acids is 1. The van der Waals surface area contributed by atoms with Crippen LogP contribution in [0.5, 0.6) is 0 Å². The zero-order valence-electron chi connectivity index (χ0n) is 13.5. The van der Waals surface area contributed by atoms with E-state index in [1.807, 2.05) is 6.07 Å². The lowest BCUT2D eigenvalue weighted by atomic mass is 10.0. The SMILES string of the molecule is CCC.O=C1CC[C@@H](Cc2ccc(-c3ccccc3)cc2)N1. The Bertz CT molecular complexity index is 574. The Hall–Kier alpha value is -2.09. The smallest absolute Gasteiger partial charge is 0.220 e. The van der Waals surface area contributed by atoms with Gasteiger partial charge in [0.15, 0.2) is 0 Å². The van der Waals surface area contributed by atoms with Crippen molar-refractivity contribution in [3.63, 3.8) is 0 Å². The van der Waals surface area contributed by atoms with Gasteiger partial charge in [-0.1, -0.05) is 74.9 Å². The van der Waals surface area contributed by atoms with E-state index in [2.05, 4.69) is 67.7 Å². The van der Waals surface area contributed by atoms with Crippen molar-refractivity contribution in [2.75, 3.05) is 0 Å². The highest BCUT2D eigenvalue weighted by Gasteiger charge is 2.20. The molecule has 2 nitrogen and oxygen atoms in total. The van der Waals surface area contributed by atoms with Crippen LogP contribution in [0.3, 0.4) is 0 Å². The van der Waals surface area contributed by atoms with E-state index in [1.165, 1.54) is 23.1 Å². The first kappa shape index (κ1) is 16.3. The molecule has 0 aromatic heterocycles. The summed E-state index contributed by atoms with van der Waals surface area (Å²) in [6, 6.07) is 19.3. The summed E-state index contributed by atoms with van der Waals surface area (Å²) >= 11 is 0. The summed E-state index contributed by atoms with van der Waals surface area (Å²) in [7, 11) is 0. The molecule has 0 saturated carbocycles. The summed E-state index contributed by atoms with van der Waals surface area (Å²) in [6.45, 7) is 4.25. The van der Waals surface area contributed by atoms with Gasteiger partial charge >= 0.3 is 0 Å². The first-order chi connectivity index (χ1) is 10.7. The summed E-state index contributed by atoms with van der Waals surface area (Å²) < 4.78 is 0. The van der Waals surface area contributed by atoms with Crippen LogP contribution in [-0.2, 0) is 11.2 Å². The average molecular weight is 295 g/mol. The molecular weight excluding hydrogens is 270 g/mol. The quantitative estimate of drug-likeness (QED) is 0.881. The maximum Gasteiger partial charge on any atom is 0.220 e. The molecule has 1 amide bonds. The predicted molar refractivity (Wildman–Crippen MR) is 92.7 cm³/mol. The summed E-state index contributed by atoms with van der Waals surface area (Å²) in [5, 5.41) is 3.01. The third-order valence-electron chi connectivity index (χ3n) is 3.63. The van der Waals surface area contributed by atoms with Crippen LogP contribution in [-0.4, -0.2) is 11.9 Å². The largest absolute Gasteiger partial charge is 0.353 e. The Kier molecular flexibility index (Phi) is 6.20. The van der Waals surface area contributed by atoms with Crippen LogP contribution in [0.2, 0.25) is 0 Å². The fourth-order valence-corrected chi connectivity index (χ4v) is 2.58. The maximum absolute atomic E-state index is 11.2. The second-order valence-corrected chi connectivity index (χ2v) is 5.78. The lowest BCUT2D eigenvalue weighted by Gasteiger charge is -2.10. The number of carbonyl (C=O) groups is 1. The van der Waals surface area contributed by atoms with Gasteiger partial charge in [-0.05, 0) is 29.5 Å². The molecule has 1 aliphatic rings. The molecule has 3 rings (SSSR count). The third kappa shape index (κ3) is 4.73. The number of benzene rings is 2. The van der Waals surface area contributed by atoms with Crippen LogP contribution in [0.15, 0.2) is 54.6 Å². The molecule has 2 aromatic rings. The molecule has 0 radical (unpaired) electrons. The second-order valence-electron chi connectivity index (χ2n) is 5.78. The van der Waals surface area contributed by atoms with Crippen LogP contribution < -0.4 is 5.32 Å². The Morgan fingerprint density at radius 3 is 2.09 bits per heavy atom. The van der Waals surface area contributed by atoms with Gasteiger partial charge in [-0.15, -0.1) is 0 Å². The fourth-order valence-electron chi connectivity index (χ4n) is 2.58. The molecule has 0 aliphatic carbocycles. The third-order valence-corrected chi connectivity index (χ3v) is 3.63. The minimum absolute atomic E-state index is 0.186. The average Bonchev–Trinajstić information content (AvgIpc) is 2.95. The molecule has 0 spiro atoms. The Balaban J connectivity index is 0.000000545. The topological polar surface area (TPSA) is 29.1 Å². The van der Waals surface area contributed by atoms with Gasteiger partial charge in [-0.25, -0.2) is 0 Å². The van der Waals surface area contributed by atoms with Crippen molar-refractivity contribution in [3.05, 3.63) is 60.2 Å². The second kappa shape index (κ2) is 8.38. The monoisotopic (exact) mass is 295 g/mol. The van der Waals surface area contributed by atoms with Gasteiger partial charge in [0.05, 0.1) is 0 Å². The van der Waals surface area contributed by atoms with Gasteiger partial charge in [0.1, 0.15) is 0 Å². The van der Waals surface area contributed by atoms with Crippen LogP contribution in [0, 0.1) is 0 Å². The lowest BCUT2D eigenvalue weighted by Crippen LogP contribution is -2.27. The fraction of sp³-hybridized carbons (Fsp3) is 0.350. The predicted octanol–water partition coefficient (Wildman–Crippen LogP) is 4.59. The van der Waals surface area contributed by atoms with Crippen molar-refractivity contribution in [2.45, 2.75) is 45.6 Å². The van der Waals surface area contributed by atoms with Gasteiger partial charge in [-0.2, -0.15) is 0 Å². The zero-order chi connectivity index (χ0) is 15.8. The molecule has 1 saturated heterocycles. The molecule has 2 heteroatoms. The van der Waals surface area contributed by atoms with Crippen LogP contribution in [0.4, 0.5) is 0 Å². The van der Waals surface area contributed by atoms with Crippen molar-refractivity contribution in [1.29, 1.82) is 0 Å². The summed E-state index contributed by atoms with van der Waals surface area (Å²) in [4.78, 5) is 11.2. The van der Waals surface area contributed by atoms with E-state index in [0.717, 1.165) is 12.8 Å². The van der Waals surface area contributed by atoms with Crippen LogP contribution in [0.25, 0.3) is 11.1 Å². The molecule has 22 heavy (non-hydrogen) atoms. The number of amides is 1. The zero-order valence-corrected chi connectivity index (χ0v) is 13.5. The molecule has 1 heterocycles. The van der Waals surface area contributed by atoms with E-state index in [0.29, 0.717) is 12.5 Å². The highest BCUT2D eigenvalue weighted by molar-refractivity contribution is 5.78.